The highest BCUT2D eigenvalue weighted by molar-refractivity contribution is 8.18. The SMILES string of the molecule is Cc1cccc(CN2C(=O)S/C(=C/c3ccccc3OCc3ccc(Cl)cc3)C2=O)c1. The summed E-state index contributed by atoms with van der Waals surface area (Å²) < 4.78 is 5.96. The standard InChI is InChI=1S/C25H20ClNO3S/c1-17-5-4-6-19(13-17)15-27-24(28)23(31-25(27)29)14-20-7-2-3-8-22(20)30-16-18-9-11-21(26)12-10-18/h2-14H,15-16H2,1H3/b23-14+. The van der Waals surface area contributed by atoms with Crippen LogP contribution in [0.4, 0.5) is 4.79 Å². The molecule has 2 amide bonds. The minimum absolute atomic E-state index is 0.262. The molecule has 156 valence electrons. The van der Waals surface area contributed by atoms with Gasteiger partial charge in [0.25, 0.3) is 11.1 Å². The third-order valence-corrected chi connectivity index (χ3v) is 5.97. The Bertz CT molecular complexity index is 1160. The van der Waals surface area contributed by atoms with Crippen LogP contribution in [-0.4, -0.2) is 16.0 Å². The summed E-state index contributed by atoms with van der Waals surface area (Å²) in [4.78, 5) is 27.0. The monoisotopic (exact) mass is 449 g/mol. The summed E-state index contributed by atoms with van der Waals surface area (Å²) in [6.07, 6.45) is 1.72. The molecule has 0 radical (unpaired) electrons. The molecule has 1 aliphatic heterocycles. The molecule has 0 aliphatic carbocycles. The Morgan fingerprint density at radius 2 is 1.74 bits per heavy atom. The number of benzene rings is 3. The summed E-state index contributed by atoms with van der Waals surface area (Å²) in [5, 5.41) is 0.405. The van der Waals surface area contributed by atoms with Crippen molar-refractivity contribution in [1.82, 2.24) is 4.90 Å². The summed E-state index contributed by atoms with van der Waals surface area (Å²) in [7, 11) is 0. The normalized spacial score (nSPS) is 15.0. The minimum Gasteiger partial charge on any atom is -0.488 e. The van der Waals surface area contributed by atoms with E-state index in [1.165, 1.54) is 4.90 Å². The van der Waals surface area contributed by atoms with Crippen LogP contribution in [0.2, 0.25) is 5.02 Å². The number of amides is 2. The van der Waals surface area contributed by atoms with Gasteiger partial charge in [-0.2, -0.15) is 0 Å². The third-order valence-electron chi connectivity index (χ3n) is 4.81. The molecule has 0 aromatic heterocycles. The topological polar surface area (TPSA) is 46.6 Å². The number of thioether (sulfide) groups is 1. The van der Waals surface area contributed by atoms with Crippen LogP contribution in [0.15, 0.2) is 77.7 Å². The van der Waals surface area contributed by atoms with E-state index in [0.717, 1.165) is 34.0 Å². The Hall–Kier alpha value is -3.02. The van der Waals surface area contributed by atoms with Crippen molar-refractivity contribution in [2.24, 2.45) is 0 Å². The summed E-state index contributed by atoms with van der Waals surface area (Å²) >= 11 is 6.88. The van der Waals surface area contributed by atoms with E-state index in [1.807, 2.05) is 79.7 Å². The predicted octanol–water partition coefficient (Wildman–Crippen LogP) is 6.46. The molecular weight excluding hydrogens is 430 g/mol. The van der Waals surface area contributed by atoms with Crippen LogP contribution in [0.25, 0.3) is 6.08 Å². The maximum atomic E-state index is 12.9. The van der Waals surface area contributed by atoms with Crippen LogP contribution in [0.1, 0.15) is 22.3 Å². The lowest BCUT2D eigenvalue weighted by Crippen LogP contribution is -2.27. The molecule has 3 aromatic rings. The highest BCUT2D eigenvalue weighted by atomic mass is 35.5. The molecule has 3 aromatic carbocycles. The van der Waals surface area contributed by atoms with Crippen molar-refractivity contribution >= 4 is 40.6 Å². The minimum atomic E-state index is -0.288. The number of carbonyl (C=O) groups is 2. The molecule has 0 N–H and O–H groups in total. The van der Waals surface area contributed by atoms with Crippen molar-refractivity contribution in [2.75, 3.05) is 0 Å². The van der Waals surface area contributed by atoms with Gasteiger partial charge < -0.3 is 4.74 Å². The Labute approximate surface area is 190 Å². The van der Waals surface area contributed by atoms with Gasteiger partial charge in [0, 0.05) is 10.6 Å². The lowest BCUT2D eigenvalue weighted by molar-refractivity contribution is -0.123. The Morgan fingerprint density at radius 1 is 0.968 bits per heavy atom. The number of ether oxygens (including phenoxy) is 1. The molecule has 6 heteroatoms. The number of carbonyl (C=O) groups excluding carboxylic acids is 2. The number of hydrogen-bond donors (Lipinski definition) is 0. The Morgan fingerprint density at radius 3 is 2.52 bits per heavy atom. The molecule has 1 fully saturated rings. The number of rotatable bonds is 6. The first-order chi connectivity index (χ1) is 15.0. The van der Waals surface area contributed by atoms with Gasteiger partial charge in [0.1, 0.15) is 12.4 Å². The summed E-state index contributed by atoms with van der Waals surface area (Å²) in [5.41, 5.74) is 3.75. The molecule has 1 heterocycles. The number of nitrogens with zero attached hydrogens (tertiary/aromatic N) is 1. The molecule has 31 heavy (non-hydrogen) atoms. The molecule has 0 unspecified atom stereocenters. The molecule has 0 saturated carbocycles. The Kier molecular flexibility index (Phi) is 6.44. The van der Waals surface area contributed by atoms with Gasteiger partial charge in [-0.1, -0.05) is 71.8 Å². The summed E-state index contributed by atoms with van der Waals surface area (Å²) in [5.74, 6) is 0.354. The van der Waals surface area contributed by atoms with Crippen LogP contribution >= 0.6 is 23.4 Å². The zero-order chi connectivity index (χ0) is 21.8. The van der Waals surface area contributed by atoms with Gasteiger partial charge >= 0.3 is 0 Å². The lowest BCUT2D eigenvalue weighted by atomic mass is 10.1. The van der Waals surface area contributed by atoms with Crippen molar-refractivity contribution in [2.45, 2.75) is 20.1 Å². The fourth-order valence-electron chi connectivity index (χ4n) is 3.24. The number of imide groups is 1. The van der Waals surface area contributed by atoms with Gasteiger partial charge in [-0.05, 0) is 54.1 Å². The van der Waals surface area contributed by atoms with Gasteiger partial charge in [0.05, 0.1) is 11.4 Å². The van der Waals surface area contributed by atoms with Crippen LogP contribution in [-0.2, 0) is 17.9 Å². The zero-order valence-electron chi connectivity index (χ0n) is 16.9. The second-order valence-electron chi connectivity index (χ2n) is 7.21. The quantitative estimate of drug-likeness (QED) is 0.405. The largest absolute Gasteiger partial charge is 0.488 e. The number of hydrogen-bond acceptors (Lipinski definition) is 4. The van der Waals surface area contributed by atoms with E-state index in [2.05, 4.69) is 0 Å². The molecule has 4 nitrogen and oxygen atoms in total. The van der Waals surface area contributed by atoms with Crippen molar-refractivity contribution in [3.63, 3.8) is 0 Å². The van der Waals surface area contributed by atoms with E-state index in [9.17, 15) is 9.59 Å². The highest BCUT2D eigenvalue weighted by Gasteiger charge is 2.35. The molecule has 1 aliphatic rings. The van der Waals surface area contributed by atoms with E-state index in [1.54, 1.807) is 6.08 Å². The smallest absolute Gasteiger partial charge is 0.293 e. The van der Waals surface area contributed by atoms with Crippen LogP contribution in [0.5, 0.6) is 5.75 Å². The maximum Gasteiger partial charge on any atom is 0.293 e. The van der Waals surface area contributed by atoms with Gasteiger partial charge in [-0.25, -0.2) is 0 Å². The van der Waals surface area contributed by atoms with E-state index >= 15 is 0 Å². The molecule has 1 saturated heterocycles. The molecular formula is C25H20ClNO3S. The highest BCUT2D eigenvalue weighted by Crippen LogP contribution is 2.35. The lowest BCUT2D eigenvalue weighted by Gasteiger charge is -2.13. The molecule has 0 bridgehead atoms. The van der Waals surface area contributed by atoms with Crippen molar-refractivity contribution in [1.29, 1.82) is 0 Å². The summed E-state index contributed by atoms with van der Waals surface area (Å²) in [6, 6.07) is 22.7. The Balaban J connectivity index is 1.51. The average molecular weight is 450 g/mol. The van der Waals surface area contributed by atoms with Crippen LogP contribution in [0.3, 0.4) is 0 Å². The van der Waals surface area contributed by atoms with Gasteiger partial charge in [-0.15, -0.1) is 0 Å². The fourth-order valence-corrected chi connectivity index (χ4v) is 4.20. The van der Waals surface area contributed by atoms with E-state index in [4.69, 9.17) is 16.3 Å². The van der Waals surface area contributed by atoms with E-state index < -0.39 is 0 Å². The van der Waals surface area contributed by atoms with Crippen LogP contribution < -0.4 is 4.74 Å². The number of aryl methyl sites for hydroxylation is 1. The molecule has 0 spiro atoms. The molecule has 0 atom stereocenters. The van der Waals surface area contributed by atoms with Crippen LogP contribution in [0, 0.1) is 6.92 Å². The van der Waals surface area contributed by atoms with Crippen molar-refractivity contribution in [3.05, 3.63) is 105 Å². The first-order valence-corrected chi connectivity index (χ1v) is 11.0. The third kappa shape index (κ3) is 5.19. The fraction of sp³-hybridized carbons (Fsp3) is 0.120. The van der Waals surface area contributed by atoms with Gasteiger partial charge in [0.2, 0.25) is 0 Å². The van der Waals surface area contributed by atoms with Gasteiger partial charge in [0.15, 0.2) is 0 Å². The first kappa shape index (κ1) is 21.2. The second kappa shape index (κ2) is 9.41. The van der Waals surface area contributed by atoms with Crippen molar-refractivity contribution < 1.29 is 14.3 Å². The van der Waals surface area contributed by atoms with Crippen molar-refractivity contribution in [3.8, 4) is 5.75 Å². The van der Waals surface area contributed by atoms with Gasteiger partial charge in [-0.3, -0.25) is 14.5 Å². The molecule has 4 rings (SSSR count). The maximum absolute atomic E-state index is 12.9. The zero-order valence-corrected chi connectivity index (χ0v) is 18.5. The number of halogens is 1. The average Bonchev–Trinajstić information content (AvgIpc) is 3.02. The predicted molar refractivity (Wildman–Crippen MR) is 125 cm³/mol. The number of para-hydroxylation sites is 1. The summed E-state index contributed by atoms with van der Waals surface area (Å²) in [6.45, 7) is 2.62. The van der Waals surface area contributed by atoms with E-state index in [0.29, 0.717) is 22.3 Å². The first-order valence-electron chi connectivity index (χ1n) is 9.77. The second-order valence-corrected chi connectivity index (χ2v) is 8.64. The van der Waals surface area contributed by atoms with E-state index in [-0.39, 0.29) is 17.7 Å².